The van der Waals surface area contributed by atoms with Gasteiger partial charge in [0, 0.05) is 12.3 Å². The Morgan fingerprint density at radius 3 is 2.74 bits per heavy atom. The number of aromatic hydroxyl groups is 1. The molecular formula is C19H25N2O5P. The number of rotatable bonds is 9. The maximum absolute atomic E-state index is 13.6. The van der Waals surface area contributed by atoms with Gasteiger partial charge in [-0.15, -0.1) is 0 Å². The van der Waals surface area contributed by atoms with Crippen molar-refractivity contribution >= 4 is 13.3 Å². The molecule has 0 amide bonds. The third-order valence-corrected chi connectivity index (χ3v) is 5.77. The second kappa shape index (κ2) is 9.44. The molecule has 0 aliphatic carbocycles. The van der Waals surface area contributed by atoms with Crippen molar-refractivity contribution < 1.29 is 23.6 Å². The van der Waals surface area contributed by atoms with Crippen LogP contribution in [0.3, 0.4) is 0 Å². The minimum atomic E-state index is -3.71. The number of ether oxygens (including phenoxy) is 1. The average molecular weight is 392 g/mol. The van der Waals surface area contributed by atoms with Crippen molar-refractivity contribution in [1.82, 2.24) is 4.98 Å². The van der Waals surface area contributed by atoms with Gasteiger partial charge in [-0.2, -0.15) is 4.62 Å². The molecular weight excluding hydrogens is 367 g/mol. The van der Waals surface area contributed by atoms with Gasteiger partial charge in [0.2, 0.25) is 0 Å². The van der Waals surface area contributed by atoms with Crippen LogP contribution in [0.1, 0.15) is 32.3 Å². The molecule has 1 unspecified atom stereocenters. The molecule has 0 bridgehead atoms. The quantitative estimate of drug-likeness (QED) is 0.435. The Kier molecular flexibility index (Phi) is 7.28. The van der Waals surface area contributed by atoms with Crippen molar-refractivity contribution in [3.63, 3.8) is 0 Å². The summed E-state index contributed by atoms with van der Waals surface area (Å²) >= 11 is 0. The zero-order valence-corrected chi connectivity index (χ0v) is 16.8. The van der Waals surface area contributed by atoms with Gasteiger partial charge in [0.1, 0.15) is 5.75 Å². The van der Waals surface area contributed by atoms with Gasteiger partial charge >= 0.3 is 7.60 Å². The summed E-state index contributed by atoms with van der Waals surface area (Å²) in [6, 6.07) is 6.52. The van der Waals surface area contributed by atoms with E-state index in [1.807, 2.05) is 19.9 Å². The minimum absolute atomic E-state index is 0.00824. The normalized spacial score (nSPS) is 13.7. The van der Waals surface area contributed by atoms with Gasteiger partial charge in [0.15, 0.2) is 11.5 Å². The standard InChI is InChI=1S/C19H25N2O5P/c1-5-8-17(6-2)27(23,26-21-15-9-7-10-20-13-15)25-16-11-14(3)19(22)18(12-16)24-4/h7-13,21-22H,5-6H2,1-4H3/b17-8-. The van der Waals surface area contributed by atoms with Crippen LogP contribution in [0, 0.1) is 6.92 Å². The lowest BCUT2D eigenvalue weighted by Gasteiger charge is -2.22. The van der Waals surface area contributed by atoms with Gasteiger partial charge in [0.05, 0.1) is 24.3 Å². The highest BCUT2D eigenvalue weighted by Gasteiger charge is 2.32. The number of methoxy groups -OCH3 is 1. The van der Waals surface area contributed by atoms with Gasteiger partial charge in [-0.3, -0.25) is 10.5 Å². The van der Waals surface area contributed by atoms with Crippen molar-refractivity contribution in [3.05, 3.63) is 53.6 Å². The van der Waals surface area contributed by atoms with Gasteiger partial charge in [-0.05, 0) is 43.5 Å². The molecule has 2 aromatic rings. The molecule has 2 N–H and O–H groups in total. The van der Waals surface area contributed by atoms with Crippen LogP contribution in [0.2, 0.25) is 0 Å². The molecule has 0 spiro atoms. The summed E-state index contributed by atoms with van der Waals surface area (Å²) in [6.07, 6.45) is 6.18. The number of nitrogens with one attached hydrogen (secondary N) is 1. The number of nitrogens with zero attached hydrogens (tertiary/aromatic N) is 1. The summed E-state index contributed by atoms with van der Waals surface area (Å²) in [5.74, 6) is 0.511. The highest BCUT2D eigenvalue weighted by atomic mass is 31.2. The van der Waals surface area contributed by atoms with E-state index in [4.69, 9.17) is 13.9 Å². The number of pyridine rings is 1. The molecule has 0 fully saturated rings. The van der Waals surface area contributed by atoms with Crippen molar-refractivity contribution in [2.24, 2.45) is 0 Å². The molecule has 0 saturated heterocycles. The summed E-state index contributed by atoms with van der Waals surface area (Å²) in [4.78, 5) is 3.98. The fourth-order valence-electron chi connectivity index (χ4n) is 2.42. The van der Waals surface area contributed by atoms with Crippen molar-refractivity contribution in [2.45, 2.75) is 33.6 Å². The molecule has 8 heteroatoms. The monoisotopic (exact) mass is 392 g/mol. The summed E-state index contributed by atoms with van der Waals surface area (Å²) in [5, 5.41) is 10.5. The summed E-state index contributed by atoms with van der Waals surface area (Å²) < 4.78 is 30.1. The first-order valence-corrected chi connectivity index (χ1v) is 10.2. The van der Waals surface area contributed by atoms with E-state index in [1.165, 1.54) is 13.2 Å². The smallest absolute Gasteiger partial charge is 0.427 e. The molecule has 7 nitrogen and oxygen atoms in total. The number of allylic oxidation sites excluding steroid dienone is 2. The maximum Gasteiger partial charge on any atom is 0.427 e. The van der Waals surface area contributed by atoms with Crippen LogP contribution in [0.15, 0.2) is 48.0 Å². The predicted octanol–water partition coefficient (Wildman–Crippen LogP) is 5.42. The van der Waals surface area contributed by atoms with Gasteiger partial charge in [0.25, 0.3) is 0 Å². The first kappa shape index (κ1) is 20.8. The largest absolute Gasteiger partial charge is 0.504 e. The number of phenols is 1. The molecule has 0 aliphatic rings. The van der Waals surface area contributed by atoms with Crippen LogP contribution in [0.5, 0.6) is 17.2 Å². The van der Waals surface area contributed by atoms with Crippen LogP contribution in [-0.2, 0) is 9.19 Å². The number of phenolic OH excluding ortho intramolecular Hbond substituents is 1. The molecule has 1 heterocycles. The number of hydrogen-bond donors (Lipinski definition) is 2. The fraction of sp³-hybridized carbons (Fsp3) is 0.316. The first-order valence-electron chi connectivity index (χ1n) is 8.65. The van der Waals surface area contributed by atoms with E-state index >= 15 is 0 Å². The van der Waals surface area contributed by atoms with Crippen molar-refractivity contribution in [3.8, 4) is 17.2 Å². The Morgan fingerprint density at radius 1 is 1.37 bits per heavy atom. The van der Waals surface area contributed by atoms with Crippen molar-refractivity contribution in [1.29, 1.82) is 0 Å². The lowest BCUT2D eigenvalue weighted by Crippen LogP contribution is -2.07. The Labute approximate surface area is 159 Å². The highest BCUT2D eigenvalue weighted by molar-refractivity contribution is 7.58. The molecule has 146 valence electrons. The van der Waals surface area contributed by atoms with E-state index in [9.17, 15) is 9.67 Å². The molecule has 0 aliphatic heterocycles. The van der Waals surface area contributed by atoms with Crippen LogP contribution in [-0.4, -0.2) is 17.2 Å². The molecule has 27 heavy (non-hydrogen) atoms. The van der Waals surface area contributed by atoms with Crippen LogP contribution >= 0.6 is 7.60 Å². The maximum atomic E-state index is 13.6. The molecule has 0 radical (unpaired) electrons. The molecule has 1 atom stereocenters. The van der Waals surface area contributed by atoms with Gasteiger partial charge in [-0.25, -0.2) is 4.57 Å². The van der Waals surface area contributed by atoms with E-state index in [2.05, 4.69) is 10.5 Å². The average Bonchev–Trinajstić information content (AvgIpc) is 2.68. The lowest BCUT2D eigenvalue weighted by molar-refractivity contribution is 0.321. The van der Waals surface area contributed by atoms with E-state index in [-0.39, 0.29) is 17.2 Å². The van der Waals surface area contributed by atoms with Crippen LogP contribution in [0.4, 0.5) is 5.69 Å². The highest BCUT2D eigenvalue weighted by Crippen LogP contribution is 2.57. The predicted molar refractivity (Wildman–Crippen MR) is 105 cm³/mol. The third kappa shape index (κ3) is 5.25. The molecule has 2 rings (SSSR count). The summed E-state index contributed by atoms with van der Waals surface area (Å²) in [7, 11) is -2.28. The Morgan fingerprint density at radius 2 is 2.15 bits per heavy atom. The Hall–Kier alpha value is -2.50. The lowest BCUT2D eigenvalue weighted by atomic mass is 10.2. The van der Waals surface area contributed by atoms with E-state index in [1.54, 1.807) is 37.5 Å². The van der Waals surface area contributed by atoms with E-state index < -0.39 is 7.60 Å². The zero-order chi connectivity index (χ0) is 19.9. The van der Waals surface area contributed by atoms with Crippen LogP contribution in [0.25, 0.3) is 0 Å². The number of aromatic nitrogens is 1. The van der Waals surface area contributed by atoms with Gasteiger partial charge in [-0.1, -0.05) is 19.9 Å². The zero-order valence-electron chi connectivity index (χ0n) is 15.9. The summed E-state index contributed by atoms with van der Waals surface area (Å²) in [6.45, 7) is 5.53. The van der Waals surface area contributed by atoms with Crippen molar-refractivity contribution in [2.75, 3.05) is 12.6 Å². The number of anilines is 1. The SMILES string of the molecule is CC/C=C(/CC)P(=O)(ONc1cccnc1)Oc1cc(C)c(O)c(OC)c1. The van der Waals surface area contributed by atoms with E-state index in [0.29, 0.717) is 29.4 Å². The third-order valence-electron chi connectivity index (χ3n) is 3.78. The second-order valence-electron chi connectivity index (χ2n) is 5.77. The number of hydrogen-bond acceptors (Lipinski definition) is 7. The summed E-state index contributed by atoms with van der Waals surface area (Å²) in [5.41, 5.74) is 3.75. The molecule has 1 aromatic carbocycles. The van der Waals surface area contributed by atoms with E-state index in [0.717, 1.165) is 0 Å². The molecule has 0 saturated carbocycles. The number of benzene rings is 1. The number of aryl methyl sites for hydroxylation is 1. The van der Waals surface area contributed by atoms with Crippen LogP contribution < -0.4 is 14.7 Å². The first-order chi connectivity index (χ1) is 12.9. The molecule has 1 aromatic heterocycles. The van der Waals surface area contributed by atoms with Gasteiger partial charge < -0.3 is 14.4 Å². The Bertz CT molecular complexity index is 839. The Balaban J connectivity index is 2.36. The topological polar surface area (TPSA) is 89.9 Å². The minimum Gasteiger partial charge on any atom is -0.504 e. The second-order valence-corrected chi connectivity index (χ2v) is 7.71. The fourth-order valence-corrected chi connectivity index (χ4v) is 4.09.